The minimum absolute atomic E-state index is 0.135. The molecule has 0 saturated carbocycles. The average molecular weight is 593 g/mol. The van der Waals surface area contributed by atoms with E-state index in [1.807, 2.05) is 33.8 Å². The number of aliphatic carboxylic acids is 1. The van der Waals surface area contributed by atoms with Crippen molar-refractivity contribution in [2.45, 2.75) is 79.3 Å². The third-order valence-electron chi connectivity index (χ3n) is 6.86. The maximum atomic E-state index is 12.2. The van der Waals surface area contributed by atoms with Gasteiger partial charge in [-0.25, -0.2) is 19.6 Å². The number of nitrogens with one attached hydrogen (secondary N) is 2. The molecule has 0 radical (unpaired) electrons. The molecule has 230 valence electrons. The van der Waals surface area contributed by atoms with Crippen LogP contribution in [0.25, 0.3) is 11.3 Å². The first-order valence-electron chi connectivity index (χ1n) is 14.0. The van der Waals surface area contributed by atoms with Gasteiger partial charge in [-0.2, -0.15) is 0 Å². The molecular formula is C31H40N6O6. The van der Waals surface area contributed by atoms with E-state index >= 15 is 0 Å². The van der Waals surface area contributed by atoms with Crippen LogP contribution in [0.4, 0.5) is 11.4 Å². The van der Waals surface area contributed by atoms with Crippen molar-refractivity contribution in [1.29, 1.82) is 0 Å². The van der Waals surface area contributed by atoms with Crippen LogP contribution in [0.1, 0.15) is 64.1 Å². The van der Waals surface area contributed by atoms with Gasteiger partial charge in [-0.05, 0) is 77.6 Å². The number of carbonyl (C=O) groups excluding carboxylic acids is 1. The molecule has 4 rings (SSSR count). The molecule has 12 heteroatoms. The molecule has 0 amide bonds. The lowest BCUT2D eigenvalue weighted by atomic mass is 10.1. The molecule has 0 bridgehead atoms. The van der Waals surface area contributed by atoms with Gasteiger partial charge in [-0.15, -0.1) is 0 Å². The highest BCUT2D eigenvalue weighted by atomic mass is 16.5. The zero-order valence-corrected chi connectivity index (χ0v) is 26.2. The number of fused-ring (bicyclic) bond motifs is 2. The van der Waals surface area contributed by atoms with E-state index < -0.39 is 17.0 Å². The number of methoxy groups -OCH3 is 1. The molecule has 0 unspecified atom stereocenters. The predicted octanol–water partition coefficient (Wildman–Crippen LogP) is 3.77. The molecule has 0 aliphatic heterocycles. The largest absolute Gasteiger partial charge is 0.480 e. The summed E-state index contributed by atoms with van der Waals surface area (Å²) in [7, 11) is 1.35. The summed E-state index contributed by atoms with van der Waals surface area (Å²) in [4.78, 5) is 56.2. The number of aromatic nitrogens is 4. The van der Waals surface area contributed by atoms with Crippen LogP contribution in [-0.4, -0.2) is 54.0 Å². The van der Waals surface area contributed by atoms with E-state index in [0.29, 0.717) is 35.5 Å². The number of esters is 1. The van der Waals surface area contributed by atoms with Crippen molar-refractivity contribution in [3.05, 3.63) is 79.9 Å². The third-order valence-corrected chi connectivity index (χ3v) is 6.86. The van der Waals surface area contributed by atoms with Crippen LogP contribution in [0.15, 0.2) is 46.2 Å². The summed E-state index contributed by atoms with van der Waals surface area (Å²) in [5.41, 5.74) is 3.32. The summed E-state index contributed by atoms with van der Waals surface area (Å²) in [5, 5.41) is 15.2. The Morgan fingerprint density at radius 3 is 1.53 bits per heavy atom. The fourth-order valence-electron chi connectivity index (χ4n) is 4.41. The zero-order valence-electron chi connectivity index (χ0n) is 26.2. The summed E-state index contributed by atoms with van der Waals surface area (Å²) in [6, 6.07) is 6.69. The zero-order chi connectivity index (χ0) is 32.3. The fraction of sp³-hybridized carbons (Fsp3) is 0.419. The molecule has 0 atom stereocenters. The topological polar surface area (TPSA) is 156 Å². The lowest BCUT2D eigenvalue weighted by Crippen LogP contribution is -2.41. The van der Waals surface area contributed by atoms with Gasteiger partial charge in [0.2, 0.25) is 0 Å². The third kappa shape index (κ3) is 7.37. The van der Waals surface area contributed by atoms with Gasteiger partial charge < -0.3 is 20.5 Å². The monoisotopic (exact) mass is 592 g/mol. The van der Waals surface area contributed by atoms with Gasteiger partial charge >= 0.3 is 11.9 Å². The van der Waals surface area contributed by atoms with Crippen LogP contribution in [0, 0.1) is 13.8 Å². The molecule has 0 saturated heterocycles. The molecule has 4 aromatic heterocycles. The van der Waals surface area contributed by atoms with Crippen LogP contribution in [-0.2, 0) is 27.2 Å². The molecule has 0 aromatic carbocycles. The summed E-state index contributed by atoms with van der Waals surface area (Å²) < 4.78 is 7.71. The van der Waals surface area contributed by atoms with Crippen molar-refractivity contribution < 1.29 is 19.4 Å². The van der Waals surface area contributed by atoms with Crippen LogP contribution in [0.2, 0.25) is 0 Å². The van der Waals surface area contributed by atoms with E-state index in [9.17, 15) is 19.2 Å². The van der Waals surface area contributed by atoms with E-state index in [-0.39, 0.29) is 17.1 Å². The van der Waals surface area contributed by atoms with Gasteiger partial charge in [0, 0.05) is 35.9 Å². The standard InChI is InChI=1S/C16H21N3O3.C15H19N3O3/c1-6-11-8-13(20)19-9-12(7-10(2)14(19)17-11)18-16(3,4)15(21)22-5;1-5-10-7-12(19)18-8-11(6-9(2)13(18)16-10)17-15(3,4)14(20)21/h7-9,18H,6H2,1-5H3;6-8,17H,5H2,1-4H3,(H,20,21). The Kier molecular flexibility index (Phi) is 9.63. The lowest BCUT2D eigenvalue weighted by Gasteiger charge is -2.24. The number of hydrogen-bond acceptors (Lipinski definition) is 9. The van der Waals surface area contributed by atoms with E-state index in [2.05, 4.69) is 20.6 Å². The molecule has 43 heavy (non-hydrogen) atoms. The maximum absolute atomic E-state index is 12.2. The van der Waals surface area contributed by atoms with Gasteiger partial charge in [0.25, 0.3) is 11.1 Å². The van der Waals surface area contributed by atoms with Crippen molar-refractivity contribution >= 4 is 34.6 Å². The highest BCUT2D eigenvalue weighted by Gasteiger charge is 2.29. The highest BCUT2D eigenvalue weighted by Crippen LogP contribution is 2.20. The molecule has 3 N–H and O–H groups in total. The number of carboxylic acids is 1. The SMILES string of the molecule is CCc1cc(=O)n2cc(NC(C)(C)C(=O)O)cc(C)c2n1.CCc1cc(=O)n2cc(NC(C)(C)C(=O)OC)cc(C)c2n1. The Labute approximate surface area is 249 Å². The Morgan fingerprint density at radius 2 is 1.19 bits per heavy atom. The molecule has 0 fully saturated rings. The second-order valence-electron chi connectivity index (χ2n) is 11.4. The van der Waals surface area contributed by atoms with Crippen LogP contribution in [0.3, 0.4) is 0 Å². The van der Waals surface area contributed by atoms with E-state index in [4.69, 9.17) is 9.84 Å². The number of pyridine rings is 2. The van der Waals surface area contributed by atoms with E-state index in [0.717, 1.165) is 22.5 Å². The number of aryl methyl sites for hydroxylation is 4. The molecule has 0 aliphatic carbocycles. The van der Waals surface area contributed by atoms with E-state index in [1.165, 1.54) is 28.0 Å². The normalized spacial score (nSPS) is 11.6. The summed E-state index contributed by atoms with van der Waals surface area (Å²) in [6.07, 6.45) is 4.64. The van der Waals surface area contributed by atoms with Gasteiger partial charge in [0.1, 0.15) is 22.4 Å². The van der Waals surface area contributed by atoms with E-state index in [1.54, 1.807) is 46.2 Å². The number of carboxylic acid groups (broad SMARTS) is 1. The van der Waals surface area contributed by atoms with Crippen molar-refractivity contribution in [3.8, 4) is 0 Å². The molecule has 4 heterocycles. The summed E-state index contributed by atoms with van der Waals surface area (Å²) >= 11 is 0. The van der Waals surface area contributed by atoms with Crippen molar-refractivity contribution in [2.75, 3.05) is 17.7 Å². The first-order valence-corrected chi connectivity index (χ1v) is 14.0. The Bertz CT molecular complexity index is 1810. The first kappa shape index (κ1) is 32.8. The maximum Gasteiger partial charge on any atom is 0.330 e. The Hall–Kier alpha value is -4.74. The average Bonchev–Trinajstić information content (AvgIpc) is 2.93. The Balaban J connectivity index is 0.000000236. The molecule has 0 spiro atoms. The van der Waals surface area contributed by atoms with Gasteiger partial charge in [-0.3, -0.25) is 18.4 Å². The molecular weight excluding hydrogens is 552 g/mol. The van der Waals surface area contributed by atoms with Crippen LogP contribution < -0.4 is 21.8 Å². The van der Waals surface area contributed by atoms with Crippen molar-refractivity contribution in [1.82, 2.24) is 18.8 Å². The molecule has 4 aromatic rings. The van der Waals surface area contributed by atoms with Crippen LogP contribution >= 0.6 is 0 Å². The van der Waals surface area contributed by atoms with Gasteiger partial charge in [-0.1, -0.05) is 13.8 Å². The first-order chi connectivity index (χ1) is 20.0. The number of ether oxygens (including phenoxy) is 1. The predicted molar refractivity (Wildman–Crippen MR) is 166 cm³/mol. The van der Waals surface area contributed by atoms with Gasteiger partial charge in [0.15, 0.2) is 0 Å². The number of rotatable bonds is 8. The second kappa shape index (κ2) is 12.6. The second-order valence-corrected chi connectivity index (χ2v) is 11.4. The van der Waals surface area contributed by atoms with Gasteiger partial charge in [0.05, 0.1) is 18.5 Å². The highest BCUT2D eigenvalue weighted by molar-refractivity contribution is 5.83. The number of hydrogen-bond donors (Lipinski definition) is 3. The van der Waals surface area contributed by atoms with Crippen LogP contribution in [0.5, 0.6) is 0 Å². The fourth-order valence-corrected chi connectivity index (χ4v) is 4.41. The molecule has 0 aliphatic rings. The Morgan fingerprint density at radius 1 is 0.791 bits per heavy atom. The number of nitrogens with zero attached hydrogens (tertiary/aromatic N) is 4. The number of carbonyl (C=O) groups is 2. The van der Waals surface area contributed by atoms with Crippen molar-refractivity contribution in [3.63, 3.8) is 0 Å². The smallest absolute Gasteiger partial charge is 0.330 e. The van der Waals surface area contributed by atoms with Crippen molar-refractivity contribution in [2.24, 2.45) is 0 Å². The lowest BCUT2D eigenvalue weighted by molar-refractivity contribution is -0.144. The molecule has 12 nitrogen and oxygen atoms in total. The minimum Gasteiger partial charge on any atom is -0.480 e. The number of anilines is 2. The minimum atomic E-state index is -1.12. The summed E-state index contributed by atoms with van der Waals surface area (Å²) in [6.45, 7) is 14.2. The quantitative estimate of drug-likeness (QED) is 0.257. The summed E-state index contributed by atoms with van der Waals surface area (Å²) in [5.74, 6) is -1.34.